The number of carbonyl (C=O) groups is 2. The van der Waals surface area contributed by atoms with Crippen LogP contribution in [0.3, 0.4) is 0 Å². The summed E-state index contributed by atoms with van der Waals surface area (Å²) < 4.78 is 0. The molecule has 1 rings (SSSR count). The number of hydrogen-bond donors (Lipinski definition) is 3. The number of hydrogen-bond acceptors (Lipinski definition) is 3. The molecule has 0 aromatic carbocycles. The Morgan fingerprint density at radius 3 is 3.00 bits per heavy atom. The lowest BCUT2D eigenvalue weighted by molar-refractivity contribution is -0.136. The van der Waals surface area contributed by atoms with Gasteiger partial charge in [0.1, 0.15) is 5.92 Å². The van der Waals surface area contributed by atoms with Crippen molar-refractivity contribution < 1.29 is 9.59 Å². The van der Waals surface area contributed by atoms with Crippen molar-refractivity contribution in [3.8, 4) is 0 Å². The Labute approximate surface area is 64.3 Å². The van der Waals surface area contributed by atoms with Gasteiger partial charge in [0.2, 0.25) is 11.8 Å². The van der Waals surface area contributed by atoms with Gasteiger partial charge >= 0.3 is 0 Å². The minimum atomic E-state index is -0.589. The molecule has 1 aliphatic rings. The molecule has 1 aliphatic heterocycles. The van der Waals surface area contributed by atoms with E-state index in [0.29, 0.717) is 13.0 Å². The van der Waals surface area contributed by atoms with Crippen molar-refractivity contribution in [1.29, 1.82) is 0 Å². The molecular formula is C6H11N3O2. The summed E-state index contributed by atoms with van der Waals surface area (Å²) in [4.78, 5) is 21.8. The smallest absolute Gasteiger partial charge is 0.246 e. The van der Waals surface area contributed by atoms with Crippen molar-refractivity contribution in [2.45, 2.75) is 12.8 Å². The molecule has 1 fully saturated rings. The van der Waals surface area contributed by atoms with Gasteiger partial charge < -0.3 is 5.32 Å². The van der Waals surface area contributed by atoms with Gasteiger partial charge in [-0.25, -0.2) is 5.84 Å². The summed E-state index contributed by atoms with van der Waals surface area (Å²) >= 11 is 0. The summed E-state index contributed by atoms with van der Waals surface area (Å²) in [5, 5.41) is 2.59. The highest BCUT2D eigenvalue weighted by atomic mass is 16.2. The molecule has 0 radical (unpaired) electrons. The molecule has 0 aromatic heterocycles. The van der Waals surface area contributed by atoms with Crippen molar-refractivity contribution in [3.63, 3.8) is 0 Å². The van der Waals surface area contributed by atoms with Gasteiger partial charge in [-0.2, -0.15) is 0 Å². The zero-order chi connectivity index (χ0) is 8.27. The summed E-state index contributed by atoms with van der Waals surface area (Å²) in [5.41, 5.74) is 1.97. The van der Waals surface area contributed by atoms with E-state index in [0.717, 1.165) is 6.42 Å². The van der Waals surface area contributed by atoms with Crippen LogP contribution in [-0.2, 0) is 9.59 Å². The second kappa shape index (κ2) is 3.34. The van der Waals surface area contributed by atoms with Crippen LogP contribution in [0.25, 0.3) is 0 Å². The number of carbonyl (C=O) groups excluding carboxylic acids is 2. The molecule has 1 heterocycles. The molecule has 0 aliphatic carbocycles. The number of piperidine rings is 1. The molecular weight excluding hydrogens is 146 g/mol. The van der Waals surface area contributed by atoms with E-state index in [-0.39, 0.29) is 5.91 Å². The Bertz CT molecular complexity index is 173. The van der Waals surface area contributed by atoms with Crippen LogP contribution in [0.1, 0.15) is 12.8 Å². The maximum atomic E-state index is 11.0. The topological polar surface area (TPSA) is 84.2 Å². The first-order chi connectivity index (χ1) is 5.25. The molecule has 2 amide bonds. The molecule has 0 spiro atoms. The van der Waals surface area contributed by atoms with Crippen LogP contribution in [-0.4, -0.2) is 18.4 Å². The van der Waals surface area contributed by atoms with Crippen molar-refractivity contribution >= 4 is 11.8 Å². The maximum absolute atomic E-state index is 11.0. The van der Waals surface area contributed by atoms with Crippen LogP contribution in [0.2, 0.25) is 0 Å². The fourth-order valence-electron chi connectivity index (χ4n) is 1.12. The predicted octanol–water partition coefficient (Wildman–Crippen LogP) is -1.50. The molecule has 62 valence electrons. The van der Waals surface area contributed by atoms with Crippen LogP contribution >= 0.6 is 0 Å². The SMILES string of the molecule is NNC(=O)[C@H]1CCCNC1=O. The van der Waals surface area contributed by atoms with Crippen LogP contribution < -0.4 is 16.6 Å². The summed E-state index contributed by atoms with van der Waals surface area (Å²) in [7, 11) is 0. The summed E-state index contributed by atoms with van der Waals surface area (Å²) in [6.07, 6.45) is 1.43. The van der Waals surface area contributed by atoms with Gasteiger partial charge in [-0.05, 0) is 12.8 Å². The van der Waals surface area contributed by atoms with E-state index in [1.165, 1.54) is 0 Å². The Kier molecular flexibility index (Phi) is 2.43. The highest BCUT2D eigenvalue weighted by Crippen LogP contribution is 2.10. The Morgan fingerprint density at radius 2 is 2.45 bits per heavy atom. The van der Waals surface area contributed by atoms with E-state index in [1.54, 1.807) is 0 Å². The molecule has 11 heavy (non-hydrogen) atoms. The zero-order valence-corrected chi connectivity index (χ0v) is 6.09. The molecule has 5 heteroatoms. The van der Waals surface area contributed by atoms with Crippen LogP contribution in [0.15, 0.2) is 0 Å². The number of rotatable bonds is 1. The van der Waals surface area contributed by atoms with Gasteiger partial charge in [0.25, 0.3) is 0 Å². The highest BCUT2D eigenvalue weighted by molar-refractivity contribution is 6.00. The molecule has 0 unspecified atom stereocenters. The summed E-state index contributed by atoms with van der Waals surface area (Å²) in [6.45, 7) is 0.660. The lowest BCUT2D eigenvalue weighted by atomic mass is 9.98. The molecule has 0 bridgehead atoms. The lowest BCUT2D eigenvalue weighted by Crippen LogP contribution is -2.46. The summed E-state index contributed by atoms with van der Waals surface area (Å²) in [5.74, 6) is 3.67. The fourth-order valence-corrected chi connectivity index (χ4v) is 1.12. The van der Waals surface area contributed by atoms with Crippen molar-refractivity contribution in [1.82, 2.24) is 10.7 Å². The zero-order valence-electron chi connectivity index (χ0n) is 6.09. The van der Waals surface area contributed by atoms with E-state index in [2.05, 4.69) is 5.32 Å². The van der Waals surface area contributed by atoms with Gasteiger partial charge in [-0.1, -0.05) is 0 Å². The van der Waals surface area contributed by atoms with Gasteiger partial charge in [-0.3, -0.25) is 15.0 Å². The lowest BCUT2D eigenvalue weighted by Gasteiger charge is -2.19. The first-order valence-electron chi connectivity index (χ1n) is 3.54. The first-order valence-corrected chi connectivity index (χ1v) is 3.54. The third-order valence-electron chi connectivity index (χ3n) is 1.74. The van der Waals surface area contributed by atoms with Gasteiger partial charge in [0, 0.05) is 6.54 Å². The van der Waals surface area contributed by atoms with Gasteiger partial charge in [0.05, 0.1) is 0 Å². The second-order valence-electron chi connectivity index (χ2n) is 2.49. The van der Waals surface area contributed by atoms with E-state index >= 15 is 0 Å². The molecule has 5 nitrogen and oxygen atoms in total. The van der Waals surface area contributed by atoms with Crippen LogP contribution in [0.5, 0.6) is 0 Å². The third-order valence-corrected chi connectivity index (χ3v) is 1.74. The molecule has 1 saturated heterocycles. The summed E-state index contributed by atoms with van der Waals surface area (Å²) in [6, 6.07) is 0. The average Bonchev–Trinajstić information content (AvgIpc) is 2.04. The fraction of sp³-hybridized carbons (Fsp3) is 0.667. The molecule has 1 atom stereocenters. The minimum absolute atomic E-state index is 0.223. The second-order valence-corrected chi connectivity index (χ2v) is 2.49. The van der Waals surface area contributed by atoms with E-state index in [1.807, 2.05) is 5.43 Å². The maximum Gasteiger partial charge on any atom is 0.246 e. The Hall–Kier alpha value is -1.10. The average molecular weight is 157 g/mol. The van der Waals surface area contributed by atoms with Gasteiger partial charge in [-0.15, -0.1) is 0 Å². The highest BCUT2D eigenvalue weighted by Gasteiger charge is 2.27. The first kappa shape index (κ1) is 8.00. The van der Waals surface area contributed by atoms with Crippen molar-refractivity contribution in [3.05, 3.63) is 0 Å². The number of amides is 2. The minimum Gasteiger partial charge on any atom is -0.355 e. The van der Waals surface area contributed by atoms with Gasteiger partial charge in [0.15, 0.2) is 0 Å². The third kappa shape index (κ3) is 1.68. The largest absolute Gasteiger partial charge is 0.355 e. The van der Waals surface area contributed by atoms with Crippen molar-refractivity contribution in [2.24, 2.45) is 11.8 Å². The van der Waals surface area contributed by atoms with Crippen LogP contribution in [0.4, 0.5) is 0 Å². The van der Waals surface area contributed by atoms with E-state index in [4.69, 9.17) is 5.84 Å². The monoisotopic (exact) mass is 157 g/mol. The predicted molar refractivity (Wildman–Crippen MR) is 38.1 cm³/mol. The van der Waals surface area contributed by atoms with E-state index < -0.39 is 11.8 Å². The standard InChI is InChI=1S/C6H11N3O2/c7-9-6(11)4-2-1-3-8-5(4)10/h4H,1-3,7H2,(H,8,10)(H,9,11)/t4-/m0/s1. The van der Waals surface area contributed by atoms with Crippen molar-refractivity contribution in [2.75, 3.05) is 6.54 Å². The Balaban J connectivity index is 2.54. The number of nitrogens with one attached hydrogen (secondary N) is 2. The quantitative estimate of drug-likeness (QED) is 0.187. The molecule has 0 saturated carbocycles. The number of nitrogens with two attached hydrogens (primary N) is 1. The normalized spacial score (nSPS) is 24.1. The molecule has 0 aromatic rings. The Morgan fingerprint density at radius 1 is 1.73 bits per heavy atom. The molecule has 4 N–H and O–H groups in total. The van der Waals surface area contributed by atoms with E-state index in [9.17, 15) is 9.59 Å². The van der Waals surface area contributed by atoms with Crippen LogP contribution in [0, 0.1) is 5.92 Å². The number of hydrazine groups is 1.